The second kappa shape index (κ2) is 3.67. The summed E-state index contributed by atoms with van der Waals surface area (Å²) in [4.78, 5) is 0. The van der Waals surface area contributed by atoms with Crippen molar-refractivity contribution in [2.45, 2.75) is 33.2 Å². The van der Waals surface area contributed by atoms with E-state index in [4.69, 9.17) is 10.2 Å². The fourth-order valence-electron chi connectivity index (χ4n) is 0.829. The van der Waals surface area contributed by atoms with Crippen molar-refractivity contribution in [3.05, 3.63) is 11.8 Å². The first kappa shape index (κ1) is 9.19. The fraction of sp³-hybridized carbons (Fsp3) is 0.750. The van der Waals surface area contributed by atoms with Crippen LogP contribution in [0.2, 0.25) is 0 Å². The van der Waals surface area contributed by atoms with Gasteiger partial charge in [-0.15, -0.1) is 10.2 Å². The van der Waals surface area contributed by atoms with Crippen molar-refractivity contribution in [2.75, 3.05) is 0 Å². The summed E-state index contributed by atoms with van der Waals surface area (Å²) < 4.78 is 5.31. The number of nitrogens with two attached hydrogens (primary N) is 1. The molecule has 0 aliphatic heterocycles. The molecule has 0 saturated carbocycles. The van der Waals surface area contributed by atoms with E-state index in [1.54, 1.807) is 0 Å². The Morgan fingerprint density at radius 3 is 2.50 bits per heavy atom. The van der Waals surface area contributed by atoms with E-state index < -0.39 is 0 Å². The van der Waals surface area contributed by atoms with E-state index in [9.17, 15) is 0 Å². The Morgan fingerprint density at radius 1 is 1.42 bits per heavy atom. The Kier molecular flexibility index (Phi) is 2.81. The molecule has 0 bridgehead atoms. The molecule has 0 spiro atoms. The first-order valence-electron chi connectivity index (χ1n) is 4.23. The van der Waals surface area contributed by atoms with Crippen LogP contribution in [0, 0.1) is 5.92 Å². The van der Waals surface area contributed by atoms with Gasteiger partial charge in [0.1, 0.15) is 0 Å². The Balaban J connectivity index is 2.74. The number of rotatable bonds is 3. The van der Waals surface area contributed by atoms with Crippen molar-refractivity contribution in [2.24, 2.45) is 11.7 Å². The Labute approximate surface area is 72.2 Å². The highest BCUT2D eigenvalue weighted by Crippen LogP contribution is 2.16. The molecule has 0 amide bonds. The second-order valence-corrected chi connectivity index (χ2v) is 3.16. The van der Waals surface area contributed by atoms with Gasteiger partial charge in [-0.1, -0.05) is 20.8 Å². The highest BCUT2D eigenvalue weighted by atomic mass is 16.4. The molecule has 1 rings (SSSR count). The van der Waals surface area contributed by atoms with E-state index in [-0.39, 0.29) is 6.04 Å². The molecule has 4 heteroatoms. The Bertz CT molecular complexity index is 244. The van der Waals surface area contributed by atoms with E-state index >= 15 is 0 Å². The van der Waals surface area contributed by atoms with Crippen LogP contribution in [0.5, 0.6) is 0 Å². The monoisotopic (exact) mass is 169 g/mol. The van der Waals surface area contributed by atoms with Gasteiger partial charge in [0.05, 0.1) is 6.04 Å². The third-order valence-corrected chi connectivity index (χ3v) is 1.79. The van der Waals surface area contributed by atoms with Crippen LogP contribution in [-0.4, -0.2) is 10.2 Å². The zero-order valence-corrected chi connectivity index (χ0v) is 7.74. The van der Waals surface area contributed by atoms with Crippen molar-refractivity contribution in [1.82, 2.24) is 10.2 Å². The minimum atomic E-state index is -0.141. The quantitative estimate of drug-likeness (QED) is 0.740. The van der Waals surface area contributed by atoms with E-state index in [2.05, 4.69) is 10.2 Å². The zero-order chi connectivity index (χ0) is 9.14. The molecule has 0 aliphatic carbocycles. The molecule has 1 unspecified atom stereocenters. The molecule has 12 heavy (non-hydrogen) atoms. The highest BCUT2D eigenvalue weighted by Gasteiger charge is 2.16. The topological polar surface area (TPSA) is 64.9 Å². The SMILES string of the molecule is CCc1nnc(C(N)C(C)C)o1. The van der Waals surface area contributed by atoms with Crippen LogP contribution < -0.4 is 5.73 Å². The van der Waals surface area contributed by atoms with Crippen LogP contribution in [0.25, 0.3) is 0 Å². The maximum absolute atomic E-state index is 5.81. The summed E-state index contributed by atoms with van der Waals surface area (Å²) in [6.07, 6.45) is 0.762. The first-order valence-corrected chi connectivity index (χ1v) is 4.23. The van der Waals surface area contributed by atoms with Gasteiger partial charge in [0.25, 0.3) is 0 Å². The van der Waals surface area contributed by atoms with E-state index in [0.717, 1.165) is 6.42 Å². The fourth-order valence-corrected chi connectivity index (χ4v) is 0.829. The Hall–Kier alpha value is -0.900. The van der Waals surface area contributed by atoms with Crippen molar-refractivity contribution in [1.29, 1.82) is 0 Å². The summed E-state index contributed by atoms with van der Waals surface area (Å²) in [6, 6.07) is -0.141. The second-order valence-electron chi connectivity index (χ2n) is 3.16. The molecule has 4 nitrogen and oxygen atoms in total. The minimum absolute atomic E-state index is 0.141. The van der Waals surface area contributed by atoms with Crippen LogP contribution in [0.15, 0.2) is 4.42 Å². The highest BCUT2D eigenvalue weighted by molar-refractivity contribution is 4.89. The summed E-state index contributed by atoms with van der Waals surface area (Å²) >= 11 is 0. The van der Waals surface area contributed by atoms with Gasteiger partial charge in [-0.05, 0) is 5.92 Å². The smallest absolute Gasteiger partial charge is 0.233 e. The lowest BCUT2D eigenvalue weighted by Crippen LogP contribution is -2.16. The summed E-state index contributed by atoms with van der Waals surface area (Å²) in [5, 5.41) is 7.71. The standard InChI is InChI=1S/C8H15N3O/c1-4-6-10-11-8(12-6)7(9)5(2)3/h5,7H,4,9H2,1-3H3. The number of nitrogens with zero attached hydrogens (tertiary/aromatic N) is 2. The zero-order valence-electron chi connectivity index (χ0n) is 7.74. The molecule has 0 aliphatic rings. The molecule has 1 aromatic heterocycles. The lowest BCUT2D eigenvalue weighted by Gasteiger charge is -2.09. The summed E-state index contributed by atoms with van der Waals surface area (Å²) in [5.41, 5.74) is 5.81. The molecular formula is C8H15N3O. The molecule has 0 saturated heterocycles. The van der Waals surface area contributed by atoms with Gasteiger partial charge in [-0.3, -0.25) is 0 Å². The molecule has 68 valence electrons. The molecule has 1 atom stereocenters. The van der Waals surface area contributed by atoms with Crippen molar-refractivity contribution >= 4 is 0 Å². The van der Waals surface area contributed by atoms with Crippen LogP contribution in [0.3, 0.4) is 0 Å². The van der Waals surface area contributed by atoms with Crippen LogP contribution in [0.1, 0.15) is 38.6 Å². The van der Waals surface area contributed by atoms with Crippen LogP contribution >= 0.6 is 0 Å². The van der Waals surface area contributed by atoms with E-state index in [0.29, 0.717) is 17.7 Å². The van der Waals surface area contributed by atoms with Gasteiger partial charge in [0, 0.05) is 6.42 Å². The van der Waals surface area contributed by atoms with Gasteiger partial charge >= 0.3 is 0 Å². The number of hydrogen-bond acceptors (Lipinski definition) is 4. The van der Waals surface area contributed by atoms with Crippen molar-refractivity contribution in [3.8, 4) is 0 Å². The predicted molar refractivity (Wildman–Crippen MR) is 45.4 cm³/mol. The van der Waals surface area contributed by atoms with Crippen LogP contribution in [0.4, 0.5) is 0 Å². The molecule has 0 aromatic carbocycles. The lowest BCUT2D eigenvalue weighted by atomic mass is 10.1. The van der Waals surface area contributed by atoms with Gasteiger partial charge < -0.3 is 10.2 Å². The predicted octanol–water partition coefficient (Wildman–Crippen LogP) is 1.29. The number of aromatic nitrogens is 2. The Morgan fingerprint density at radius 2 is 2.08 bits per heavy atom. The molecule has 0 radical (unpaired) electrons. The lowest BCUT2D eigenvalue weighted by molar-refractivity contribution is 0.372. The maximum atomic E-state index is 5.81. The van der Waals surface area contributed by atoms with Gasteiger partial charge in [0.2, 0.25) is 11.8 Å². The number of aryl methyl sites for hydroxylation is 1. The van der Waals surface area contributed by atoms with Gasteiger partial charge in [-0.25, -0.2) is 0 Å². The maximum Gasteiger partial charge on any atom is 0.233 e. The molecule has 0 fully saturated rings. The largest absolute Gasteiger partial charge is 0.424 e. The minimum Gasteiger partial charge on any atom is -0.424 e. The van der Waals surface area contributed by atoms with Gasteiger partial charge in [0.15, 0.2) is 0 Å². The van der Waals surface area contributed by atoms with Gasteiger partial charge in [-0.2, -0.15) is 0 Å². The molecular weight excluding hydrogens is 154 g/mol. The summed E-state index contributed by atoms with van der Waals surface area (Å²) in [7, 11) is 0. The molecule has 2 N–H and O–H groups in total. The molecule has 1 heterocycles. The molecule has 1 aromatic rings. The van der Waals surface area contributed by atoms with Crippen molar-refractivity contribution in [3.63, 3.8) is 0 Å². The van der Waals surface area contributed by atoms with E-state index in [1.165, 1.54) is 0 Å². The van der Waals surface area contributed by atoms with Crippen LogP contribution in [-0.2, 0) is 6.42 Å². The average Bonchev–Trinajstić information content (AvgIpc) is 2.50. The average molecular weight is 169 g/mol. The van der Waals surface area contributed by atoms with E-state index in [1.807, 2.05) is 20.8 Å². The van der Waals surface area contributed by atoms with Crippen molar-refractivity contribution < 1.29 is 4.42 Å². The third kappa shape index (κ3) is 1.82. The third-order valence-electron chi connectivity index (χ3n) is 1.79. The number of hydrogen-bond donors (Lipinski definition) is 1. The summed E-state index contributed by atoms with van der Waals surface area (Å²) in [5.74, 6) is 1.53. The first-order chi connectivity index (χ1) is 5.65. The normalized spacial score (nSPS) is 13.8. The summed E-state index contributed by atoms with van der Waals surface area (Å²) in [6.45, 7) is 6.03.